The number of carbonyl (C=O) groups is 1. The molecule has 1 fully saturated rings. The fourth-order valence-electron chi connectivity index (χ4n) is 4.16. The summed E-state index contributed by atoms with van der Waals surface area (Å²) in [6.07, 6.45) is 8.73. The Hall–Kier alpha value is -1.57. The number of benzene rings is 1. The lowest BCUT2D eigenvalue weighted by Gasteiger charge is -2.39. The normalized spacial score (nSPS) is 25.3. The zero-order valence-electron chi connectivity index (χ0n) is 13.5. The summed E-state index contributed by atoms with van der Waals surface area (Å²) >= 11 is 0. The summed E-state index contributed by atoms with van der Waals surface area (Å²) in [5.41, 5.74) is 3.05. The van der Waals surface area contributed by atoms with Crippen LogP contribution in [0.3, 0.4) is 0 Å². The van der Waals surface area contributed by atoms with Gasteiger partial charge in [0.25, 0.3) is 0 Å². The van der Waals surface area contributed by atoms with Gasteiger partial charge in [0.05, 0.1) is 0 Å². The summed E-state index contributed by atoms with van der Waals surface area (Å²) in [4.78, 5) is 12.1. The number of hydrogen-bond donors (Lipinski definition) is 0. The van der Waals surface area contributed by atoms with Crippen LogP contribution in [-0.2, 0) is 16.0 Å². The first-order chi connectivity index (χ1) is 10.7. The van der Waals surface area contributed by atoms with Crippen molar-refractivity contribution in [3.8, 4) is 0 Å². The molecule has 2 unspecified atom stereocenters. The Kier molecular flexibility index (Phi) is 4.66. The van der Waals surface area contributed by atoms with Crippen molar-refractivity contribution in [2.45, 2.75) is 58.0 Å². The minimum Gasteiger partial charge on any atom is -0.454 e. The lowest BCUT2D eigenvalue weighted by molar-refractivity contribution is -0.149. The van der Waals surface area contributed by atoms with Crippen LogP contribution in [0.1, 0.15) is 62.7 Å². The smallest absolute Gasteiger partial charge is 0.333 e. The highest BCUT2D eigenvalue weighted by Gasteiger charge is 2.37. The molecule has 0 N–H and O–H groups in total. The van der Waals surface area contributed by atoms with E-state index in [1.54, 1.807) is 6.92 Å². The molecule has 0 aliphatic heterocycles. The van der Waals surface area contributed by atoms with Crippen molar-refractivity contribution in [2.75, 3.05) is 0 Å². The van der Waals surface area contributed by atoms with Gasteiger partial charge in [0.1, 0.15) is 6.10 Å². The first-order valence-electron chi connectivity index (χ1n) is 8.61. The molecule has 0 saturated heterocycles. The number of rotatable bonds is 3. The van der Waals surface area contributed by atoms with E-state index in [0.29, 0.717) is 17.4 Å². The summed E-state index contributed by atoms with van der Waals surface area (Å²) in [6.45, 7) is 5.47. The number of aryl methyl sites for hydroxylation is 1. The van der Waals surface area contributed by atoms with Crippen LogP contribution in [0, 0.1) is 11.8 Å². The predicted molar refractivity (Wildman–Crippen MR) is 88.5 cm³/mol. The van der Waals surface area contributed by atoms with Gasteiger partial charge in [-0.25, -0.2) is 4.79 Å². The minimum atomic E-state index is -0.248. The first kappa shape index (κ1) is 15.3. The maximum atomic E-state index is 12.1. The quantitative estimate of drug-likeness (QED) is 0.580. The molecular formula is C20H26O2. The molecule has 1 saturated carbocycles. The summed E-state index contributed by atoms with van der Waals surface area (Å²) < 4.78 is 5.91. The molecule has 2 aliphatic carbocycles. The fourth-order valence-corrected chi connectivity index (χ4v) is 4.16. The van der Waals surface area contributed by atoms with Crippen LogP contribution in [0.15, 0.2) is 36.4 Å². The molecule has 2 aliphatic rings. The molecule has 0 aromatic heterocycles. The number of hydrogen-bond acceptors (Lipinski definition) is 2. The van der Waals surface area contributed by atoms with E-state index >= 15 is 0 Å². The lowest BCUT2D eigenvalue weighted by atomic mass is 9.70. The molecule has 2 atom stereocenters. The van der Waals surface area contributed by atoms with E-state index in [9.17, 15) is 4.79 Å². The topological polar surface area (TPSA) is 26.3 Å². The third-order valence-corrected chi connectivity index (χ3v) is 5.34. The van der Waals surface area contributed by atoms with E-state index in [4.69, 9.17) is 4.74 Å². The average Bonchev–Trinajstić information content (AvgIpc) is 2.55. The van der Waals surface area contributed by atoms with Crippen LogP contribution >= 0.6 is 0 Å². The molecule has 3 rings (SSSR count). The van der Waals surface area contributed by atoms with Gasteiger partial charge in [0, 0.05) is 11.5 Å². The van der Waals surface area contributed by atoms with Gasteiger partial charge in [0.15, 0.2) is 0 Å². The SMILES string of the molecule is C=C(C)C(=O)OC1c2ccccc2CCC1C1CCCCC1. The maximum absolute atomic E-state index is 12.1. The van der Waals surface area contributed by atoms with Crippen LogP contribution in [0.4, 0.5) is 0 Å². The van der Waals surface area contributed by atoms with E-state index in [0.717, 1.165) is 12.8 Å². The van der Waals surface area contributed by atoms with Gasteiger partial charge in [-0.2, -0.15) is 0 Å². The van der Waals surface area contributed by atoms with Gasteiger partial charge in [-0.15, -0.1) is 0 Å². The standard InChI is InChI=1S/C20H26O2/c1-14(2)20(21)22-19-17-11-7-6-10-16(17)12-13-18(19)15-8-4-3-5-9-15/h6-7,10-11,15,18-19H,1,3-5,8-9,12-13H2,2H3. The third kappa shape index (κ3) is 3.11. The van der Waals surface area contributed by atoms with Crippen molar-refractivity contribution in [3.63, 3.8) is 0 Å². The molecule has 1 aromatic rings. The van der Waals surface area contributed by atoms with Gasteiger partial charge in [0.2, 0.25) is 0 Å². The number of ether oxygens (including phenoxy) is 1. The molecule has 0 heterocycles. The second-order valence-electron chi connectivity index (χ2n) is 6.91. The lowest BCUT2D eigenvalue weighted by Crippen LogP contribution is -2.31. The molecule has 22 heavy (non-hydrogen) atoms. The number of carbonyl (C=O) groups excluding carboxylic acids is 1. The molecular weight excluding hydrogens is 272 g/mol. The maximum Gasteiger partial charge on any atom is 0.333 e. The Balaban J connectivity index is 1.88. The number of fused-ring (bicyclic) bond motifs is 1. The van der Waals surface area contributed by atoms with Crippen LogP contribution in [0.25, 0.3) is 0 Å². The van der Waals surface area contributed by atoms with Crippen LogP contribution in [0.5, 0.6) is 0 Å². The van der Waals surface area contributed by atoms with Gasteiger partial charge in [-0.3, -0.25) is 0 Å². The average molecular weight is 298 g/mol. The summed E-state index contributed by atoms with van der Waals surface area (Å²) in [6, 6.07) is 8.45. The summed E-state index contributed by atoms with van der Waals surface area (Å²) in [5, 5.41) is 0. The van der Waals surface area contributed by atoms with Gasteiger partial charge in [-0.05, 0) is 36.8 Å². The second kappa shape index (κ2) is 6.68. The second-order valence-corrected chi connectivity index (χ2v) is 6.91. The van der Waals surface area contributed by atoms with Gasteiger partial charge >= 0.3 is 5.97 Å². The first-order valence-corrected chi connectivity index (χ1v) is 8.61. The van der Waals surface area contributed by atoms with E-state index in [1.807, 2.05) is 0 Å². The molecule has 0 amide bonds. The Morgan fingerprint density at radius 3 is 2.59 bits per heavy atom. The molecule has 1 aromatic carbocycles. The number of esters is 1. The van der Waals surface area contributed by atoms with Gasteiger partial charge < -0.3 is 4.74 Å². The molecule has 0 bridgehead atoms. The van der Waals surface area contributed by atoms with E-state index < -0.39 is 0 Å². The van der Waals surface area contributed by atoms with E-state index in [-0.39, 0.29) is 12.1 Å². The third-order valence-electron chi connectivity index (χ3n) is 5.34. The van der Waals surface area contributed by atoms with Crippen molar-refractivity contribution >= 4 is 5.97 Å². The Morgan fingerprint density at radius 1 is 1.14 bits per heavy atom. The predicted octanol–water partition coefficient (Wildman–Crippen LogP) is 4.99. The van der Waals surface area contributed by atoms with Crippen LogP contribution < -0.4 is 0 Å². The van der Waals surface area contributed by atoms with Crippen molar-refractivity contribution in [2.24, 2.45) is 11.8 Å². The van der Waals surface area contributed by atoms with Crippen molar-refractivity contribution < 1.29 is 9.53 Å². The molecule has 2 nitrogen and oxygen atoms in total. The zero-order valence-corrected chi connectivity index (χ0v) is 13.5. The molecule has 0 radical (unpaired) electrons. The van der Waals surface area contributed by atoms with Crippen LogP contribution in [0.2, 0.25) is 0 Å². The minimum absolute atomic E-state index is 0.0859. The van der Waals surface area contributed by atoms with E-state index in [1.165, 1.54) is 43.2 Å². The fraction of sp³-hybridized carbons (Fsp3) is 0.550. The summed E-state index contributed by atoms with van der Waals surface area (Å²) in [7, 11) is 0. The van der Waals surface area contributed by atoms with E-state index in [2.05, 4.69) is 30.8 Å². The Labute approximate surface area is 133 Å². The van der Waals surface area contributed by atoms with Crippen molar-refractivity contribution in [3.05, 3.63) is 47.5 Å². The highest BCUT2D eigenvalue weighted by atomic mass is 16.5. The highest BCUT2D eigenvalue weighted by Crippen LogP contribution is 2.45. The van der Waals surface area contributed by atoms with Crippen molar-refractivity contribution in [1.29, 1.82) is 0 Å². The molecule has 118 valence electrons. The Bertz CT molecular complexity index is 555. The highest BCUT2D eigenvalue weighted by molar-refractivity contribution is 5.87. The van der Waals surface area contributed by atoms with Crippen LogP contribution in [-0.4, -0.2) is 5.97 Å². The zero-order chi connectivity index (χ0) is 15.5. The monoisotopic (exact) mass is 298 g/mol. The molecule has 0 spiro atoms. The summed E-state index contributed by atoms with van der Waals surface area (Å²) in [5.74, 6) is 0.922. The van der Waals surface area contributed by atoms with Crippen molar-refractivity contribution in [1.82, 2.24) is 0 Å². The largest absolute Gasteiger partial charge is 0.454 e. The Morgan fingerprint density at radius 2 is 1.86 bits per heavy atom. The van der Waals surface area contributed by atoms with Gasteiger partial charge in [-0.1, -0.05) is 62.9 Å². The molecule has 2 heteroatoms.